The number of hydrogen-bond donors (Lipinski definition) is 2. The number of hydrogen-bond acceptors (Lipinski definition) is 3. The van der Waals surface area contributed by atoms with Gasteiger partial charge in [-0.3, -0.25) is 0 Å². The highest BCUT2D eigenvalue weighted by Gasteiger charge is 2.21. The van der Waals surface area contributed by atoms with E-state index >= 15 is 0 Å². The lowest BCUT2D eigenvalue weighted by atomic mass is 9.90. The van der Waals surface area contributed by atoms with Gasteiger partial charge in [-0.05, 0) is 68.0 Å². The van der Waals surface area contributed by atoms with Crippen LogP contribution in [0.2, 0.25) is 0 Å². The highest BCUT2D eigenvalue weighted by molar-refractivity contribution is 5.85. The van der Waals surface area contributed by atoms with Gasteiger partial charge in [0.15, 0.2) is 0 Å². The van der Waals surface area contributed by atoms with Crippen LogP contribution in [-0.4, -0.2) is 12.7 Å². The van der Waals surface area contributed by atoms with E-state index < -0.39 is 6.61 Å². The summed E-state index contributed by atoms with van der Waals surface area (Å²) in [7, 11) is 0. The number of benzene rings is 1. The smallest absolute Gasteiger partial charge is 0.387 e. The van der Waals surface area contributed by atoms with E-state index in [4.69, 9.17) is 0 Å². The summed E-state index contributed by atoms with van der Waals surface area (Å²) in [5.74, 6) is 0.156. The van der Waals surface area contributed by atoms with Gasteiger partial charge in [-0.2, -0.15) is 8.78 Å². The molecule has 29 heavy (non-hydrogen) atoms. The normalized spacial score (nSPS) is 19.0. The molecular formula is C24H28F2N2O. The quantitative estimate of drug-likeness (QED) is 0.523. The monoisotopic (exact) mass is 398 g/mol. The van der Waals surface area contributed by atoms with E-state index in [0.29, 0.717) is 6.04 Å². The molecule has 0 atom stereocenters. The minimum Gasteiger partial charge on any atom is -0.435 e. The Morgan fingerprint density at radius 2 is 2.00 bits per heavy atom. The number of halogens is 2. The van der Waals surface area contributed by atoms with Crippen molar-refractivity contribution >= 4 is 5.57 Å². The number of dihydropyridines is 1. The predicted octanol–water partition coefficient (Wildman–Crippen LogP) is 6.05. The van der Waals surface area contributed by atoms with Crippen molar-refractivity contribution in [2.45, 2.75) is 52.7 Å². The largest absolute Gasteiger partial charge is 0.435 e. The highest BCUT2D eigenvalue weighted by atomic mass is 19.3. The fourth-order valence-corrected chi connectivity index (χ4v) is 3.30. The Balaban J connectivity index is 1.86. The Morgan fingerprint density at radius 1 is 1.28 bits per heavy atom. The molecule has 0 aromatic heterocycles. The number of rotatable bonds is 8. The first-order valence-corrected chi connectivity index (χ1v) is 10.1. The van der Waals surface area contributed by atoms with Crippen molar-refractivity contribution in [3.8, 4) is 5.75 Å². The van der Waals surface area contributed by atoms with E-state index in [9.17, 15) is 8.78 Å². The molecule has 1 heterocycles. The first-order chi connectivity index (χ1) is 14.0. The maximum atomic E-state index is 12.4. The third-order valence-electron chi connectivity index (χ3n) is 4.93. The zero-order valence-electron chi connectivity index (χ0n) is 17.1. The zero-order valence-corrected chi connectivity index (χ0v) is 17.1. The number of ether oxygens (including phenoxy) is 1. The second-order valence-electron chi connectivity index (χ2n) is 7.17. The van der Waals surface area contributed by atoms with E-state index in [2.05, 4.69) is 47.4 Å². The fraction of sp³-hybridized carbons (Fsp3) is 0.333. The van der Waals surface area contributed by atoms with Gasteiger partial charge in [0.2, 0.25) is 0 Å². The summed E-state index contributed by atoms with van der Waals surface area (Å²) >= 11 is 0. The molecule has 5 heteroatoms. The first-order valence-electron chi connectivity index (χ1n) is 10.1. The number of nitrogens with one attached hydrogen (secondary N) is 2. The molecule has 0 amide bonds. The SMILES string of the molecule is C/C=C1\NC=C(/C=C\C(=C\CC)NC2CC2)C(C)=C1c1ccc(OC(F)F)cc1. The van der Waals surface area contributed by atoms with Crippen molar-refractivity contribution in [1.29, 1.82) is 0 Å². The van der Waals surface area contributed by atoms with Crippen LogP contribution in [0.25, 0.3) is 5.57 Å². The van der Waals surface area contributed by atoms with Gasteiger partial charge < -0.3 is 15.4 Å². The average molecular weight is 398 g/mol. The summed E-state index contributed by atoms with van der Waals surface area (Å²) in [6.07, 6.45) is 13.9. The van der Waals surface area contributed by atoms with Crippen molar-refractivity contribution < 1.29 is 13.5 Å². The van der Waals surface area contributed by atoms with E-state index in [1.165, 1.54) is 12.8 Å². The highest BCUT2D eigenvalue weighted by Crippen LogP contribution is 2.33. The van der Waals surface area contributed by atoms with Gasteiger partial charge in [0.25, 0.3) is 0 Å². The predicted molar refractivity (Wildman–Crippen MR) is 114 cm³/mol. The third-order valence-corrected chi connectivity index (χ3v) is 4.93. The maximum absolute atomic E-state index is 12.4. The second-order valence-corrected chi connectivity index (χ2v) is 7.17. The first kappa shape index (κ1) is 20.9. The van der Waals surface area contributed by atoms with Crippen molar-refractivity contribution in [1.82, 2.24) is 10.6 Å². The molecule has 1 aromatic rings. The third kappa shape index (κ3) is 5.59. The maximum Gasteiger partial charge on any atom is 0.387 e. The standard InChI is InChI=1S/C24H28F2N2O/c1-4-6-19(28-20-11-12-20)10-7-18-15-27-22(5-2)23(16(18)3)17-8-13-21(14-9-17)29-24(25)26/h5-10,13-15,20,24,27-28H,4,11-12H2,1-3H3/b10-7-,19-6-,22-5-. The van der Waals surface area contributed by atoms with Crippen LogP contribution in [0.3, 0.4) is 0 Å². The summed E-state index contributed by atoms with van der Waals surface area (Å²) in [6.45, 7) is 3.36. The van der Waals surface area contributed by atoms with Crippen LogP contribution in [0.15, 0.2) is 77.3 Å². The van der Waals surface area contributed by atoms with Crippen LogP contribution in [0.5, 0.6) is 5.75 Å². The molecular weight excluding hydrogens is 370 g/mol. The Labute approximate surface area is 171 Å². The van der Waals surface area contributed by atoms with Crippen LogP contribution in [-0.2, 0) is 0 Å². The Morgan fingerprint density at radius 3 is 2.59 bits per heavy atom. The molecule has 1 aromatic carbocycles. The molecule has 0 bridgehead atoms. The van der Waals surface area contributed by atoms with E-state index in [1.54, 1.807) is 12.1 Å². The lowest BCUT2D eigenvalue weighted by molar-refractivity contribution is -0.0498. The van der Waals surface area contributed by atoms with E-state index in [0.717, 1.165) is 40.1 Å². The number of allylic oxidation sites excluding steroid dienone is 7. The van der Waals surface area contributed by atoms with Gasteiger partial charge in [-0.1, -0.05) is 37.3 Å². The Kier molecular flexibility index (Phi) is 6.91. The summed E-state index contributed by atoms with van der Waals surface area (Å²) < 4.78 is 29.3. The van der Waals surface area contributed by atoms with Crippen LogP contribution in [0.4, 0.5) is 8.78 Å². The zero-order chi connectivity index (χ0) is 20.8. The van der Waals surface area contributed by atoms with Crippen molar-refractivity contribution in [3.63, 3.8) is 0 Å². The van der Waals surface area contributed by atoms with Crippen molar-refractivity contribution in [2.24, 2.45) is 0 Å². The lowest BCUT2D eigenvalue weighted by Crippen LogP contribution is -2.16. The molecule has 1 fully saturated rings. The summed E-state index contributed by atoms with van der Waals surface area (Å²) in [4.78, 5) is 0. The van der Waals surface area contributed by atoms with Gasteiger partial charge >= 0.3 is 6.61 Å². The van der Waals surface area contributed by atoms with Gasteiger partial charge in [0.1, 0.15) is 5.75 Å². The Hall–Kier alpha value is -2.82. The molecule has 0 saturated heterocycles. The molecule has 1 aliphatic carbocycles. The summed E-state index contributed by atoms with van der Waals surface area (Å²) in [5, 5.41) is 6.91. The minimum absolute atomic E-state index is 0.156. The summed E-state index contributed by atoms with van der Waals surface area (Å²) in [5.41, 5.74) is 6.34. The summed E-state index contributed by atoms with van der Waals surface area (Å²) in [6, 6.07) is 7.37. The van der Waals surface area contributed by atoms with Gasteiger partial charge in [0, 0.05) is 29.2 Å². The molecule has 3 nitrogen and oxygen atoms in total. The van der Waals surface area contributed by atoms with Gasteiger partial charge in [-0.25, -0.2) is 0 Å². The topological polar surface area (TPSA) is 33.3 Å². The minimum atomic E-state index is -2.82. The molecule has 1 aliphatic heterocycles. The second kappa shape index (κ2) is 9.59. The van der Waals surface area contributed by atoms with Crippen LogP contribution >= 0.6 is 0 Å². The molecule has 2 N–H and O–H groups in total. The molecule has 154 valence electrons. The molecule has 0 spiro atoms. The van der Waals surface area contributed by atoms with Crippen LogP contribution in [0, 0.1) is 0 Å². The van der Waals surface area contributed by atoms with Crippen molar-refractivity contribution in [2.75, 3.05) is 0 Å². The van der Waals surface area contributed by atoms with Crippen LogP contribution < -0.4 is 15.4 Å². The van der Waals surface area contributed by atoms with Gasteiger partial charge in [0.05, 0.1) is 0 Å². The molecule has 0 unspecified atom stereocenters. The van der Waals surface area contributed by atoms with Crippen LogP contribution in [0.1, 0.15) is 45.6 Å². The van der Waals surface area contributed by atoms with Gasteiger partial charge in [-0.15, -0.1) is 0 Å². The van der Waals surface area contributed by atoms with Crippen molar-refractivity contribution in [3.05, 3.63) is 82.9 Å². The fourth-order valence-electron chi connectivity index (χ4n) is 3.30. The molecule has 0 radical (unpaired) electrons. The lowest BCUT2D eigenvalue weighted by Gasteiger charge is -2.22. The van der Waals surface area contributed by atoms with E-state index in [1.807, 2.05) is 31.3 Å². The Bertz CT molecular complexity index is 873. The molecule has 3 rings (SSSR count). The van der Waals surface area contributed by atoms with E-state index in [-0.39, 0.29) is 5.75 Å². The average Bonchev–Trinajstić information content (AvgIpc) is 3.51. The molecule has 2 aliphatic rings. The molecule has 1 saturated carbocycles. The number of alkyl halides is 2.